The Kier molecular flexibility index (Phi) is 8.98. The molecular weight excluding hydrogens is 513 g/mol. The normalized spacial score (nSPS) is 10.8. The van der Waals surface area contributed by atoms with E-state index in [1.165, 1.54) is 31.4 Å². The number of carbonyl (C=O) groups is 2. The van der Waals surface area contributed by atoms with Gasteiger partial charge in [-0.05, 0) is 54.1 Å². The Hall–Kier alpha value is -3.70. The van der Waals surface area contributed by atoms with Gasteiger partial charge in [0.25, 0.3) is 11.8 Å². The third kappa shape index (κ3) is 7.14. The smallest absolute Gasteiger partial charge is 0.266 e. The maximum atomic E-state index is 12.5. The van der Waals surface area contributed by atoms with Gasteiger partial charge in [0, 0.05) is 11.4 Å². The minimum absolute atomic E-state index is 0.124. The van der Waals surface area contributed by atoms with Gasteiger partial charge in [0.15, 0.2) is 18.1 Å². The minimum atomic E-state index is -0.576. The average molecular weight is 531 g/mol. The molecule has 3 rings (SSSR count). The lowest BCUT2D eigenvalue weighted by Gasteiger charge is -2.14. The van der Waals surface area contributed by atoms with Crippen LogP contribution < -0.4 is 20.1 Å². The molecule has 178 valence electrons. The van der Waals surface area contributed by atoms with Gasteiger partial charge in [-0.3, -0.25) is 9.59 Å². The first-order valence-corrected chi connectivity index (χ1v) is 11.2. The van der Waals surface area contributed by atoms with Crippen molar-refractivity contribution in [2.24, 2.45) is 0 Å². The molecule has 2 amide bonds. The van der Waals surface area contributed by atoms with E-state index >= 15 is 0 Å². The van der Waals surface area contributed by atoms with E-state index in [-0.39, 0.29) is 28.7 Å². The molecule has 0 saturated heterocycles. The van der Waals surface area contributed by atoms with E-state index in [0.29, 0.717) is 27.0 Å². The number of para-hydroxylation sites is 1. The number of methoxy groups -OCH3 is 1. The third-order valence-corrected chi connectivity index (χ3v) is 5.53. The maximum absolute atomic E-state index is 12.5. The number of carbonyl (C=O) groups excluding carboxylic acids is 2. The Morgan fingerprint density at radius 1 is 0.943 bits per heavy atom. The largest absolute Gasteiger partial charge is 0.493 e. The van der Waals surface area contributed by atoms with E-state index < -0.39 is 11.8 Å². The van der Waals surface area contributed by atoms with Crippen molar-refractivity contribution in [3.8, 4) is 17.6 Å². The van der Waals surface area contributed by atoms with Crippen LogP contribution >= 0.6 is 34.8 Å². The summed E-state index contributed by atoms with van der Waals surface area (Å²) in [6.45, 7) is -0.367. The summed E-state index contributed by atoms with van der Waals surface area (Å²) in [5.41, 5.74) is 1.29. The van der Waals surface area contributed by atoms with Crippen LogP contribution in [0.5, 0.6) is 11.5 Å². The minimum Gasteiger partial charge on any atom is -0.493 e. The summed E-state index contributed by atoms with van der Waals surface area (Å²) < 4.78 is 10.9. The number of nitriles is 1. The Morgan fingerprint density at radius 3 is 2.34 bits per heavy atom. The molecule has 0 aliphatic heterocycles. The molecule has 35 heavy (non-hydrogen) atoms. The fourth-order valence-corrected chi connectivity index (χ4v) is 3.48. The molecule has 2 N–H and O–H groups in total. The van der Waals surface area contributed by atoms with Gasteiger partial charge >= 0.3 is 0 Å². The highest BCUT2D eigenvalue weighted by atomic mass is 35.5. The van der Waals surface area contributed by atoms with Gasteiger partial charge in [-0.2, -0.15) is 5.26 Å². The van der Waals surface area contributed by atoms with Crippen LogP contribution in [0.4, 0.5) is 11.4 Å². The number of amides is 2. The summed E-state index contributed by atoms with van der Waals surface area (Å²) in [6.07, 6.45) is 1.37. The standard InChI is InChI=1S/C25H18Cl3N3O4/c1-34-22-11-15(9-16(13-29)25(33)31-17-5-3-2-4-6-17)10-21(28)24(22)35-14-23(32)30-18-7-8-19(26)20(27)12-18/h2-12H,14H2,1H3,(H,30,32)(H,31,33)/b16-9+. The summed E-state index contributed by atoms with van der Waals surface area (Å²) in [4.78, 5) is 24.8. The predicted octanol–water partition coefficient (Wildman–Crippen LogP) is 6.22. The van der Waals surface area contributed by atoms with E-state index in [1.807, 2.05) is 12.1 Å². The molecule has 0 aliphatic carbocycles. The van der Waals surface area contributed by atoms with Crippen molar-refractivity contribution in [3.05, 3.63) is 86.9 Å². The van der Waals surface area contributed by atoms with Crippen molar-refractivity contribution < 1.29 is 19.1 Å². The zero-order chi connectivity index (χ0) is 25.4. The second kappa shape index (κ2) is 12.1. The number of nitrogens with zero attached hydrogens (tertiary/aromatic N) is 1. The molecule has 10 heteroatoms. The van der Waals surface area contributed by atoms with Gasteiger partial charge in [-0.15, -0.1) is 0 Å². The first kappa shape index (κ1) is 25.9. The number of ether oxygens (including phenoxy) is 2. The lowest BCUT2D eigenvalue weighted by atomic mass is 10.1. The van der Waals surface area contributed by atoms with Crippen LogP contribution in [0.2, 0.25) is 15.1 Å². The molecule has 0 bridgehead atoms. The zero-order valence-corrected chi connectivity index (χ0v) is 20.5. The monoisotopic (exact) mass is 529 g/mol. The van der Waals surface area contributed by atoms with Gasteiger partial charge in [0.1, 0.15) is 11.6 Å². The maximum Gasteiger partial charge on any atom is 0.266 e. The molecule has 0 fully saturated rings. The number of halogens is 3. The lowest BCUT2D eigenvalue weighted by Crippen LogP contribution is -2.20. The van der Waals surface area contributed by atoms with Gasteiger partial charge in [-0.1, -0.05) is 53.0 Å². The second-order valence-corrected chi connectivity index (χ2v) is 8.21. The van der Waals surface area contributed by atoms with E-state index in [9.17, 15) is 14.9 Å². The van der Waals surface area contributed by atoms with Crippen LogP contribution in [0.15, 0.2) is 66.2 Å². The van der Waals surface area contributed by atoms with Crippen LogP contribution in [0, 0.1) is 11.3 Å². The van der Waals surface area contributed by atoms with E-state index in [0.717, 1.165) is 0 Å². The molecule has 0 aliphatic rings. The highest BCUT2D eigenvalue weighted by Gasteiger charge is 2.16. The topological polar surface area (TPSA) is 100 Å². The molecule has 7 nitrogen and oxygen atoms in total. The predicted molar refractivity (Wildman–Crippen MR) is 137 cm³/mol. The second-order valence-electron chi connectivity index (χ2n) is 6.99. The fraction of sp³-hybridized carbons (Fsp3) is 0.0800. The molecule has 0 radical (unpaired) electrons. The first-order valence-electron chi connectivity index (χ1n) is 10.0. The van der Waals surface area contributed by atoms with Gasteiger partial charge < -0.3 is 20.1 Å². The molecule has 3 aromatic rings. The number of hydrogen-bond donors (Lipinski definition) is 2. The van der Waals surface area contributed by atoms with Crippen LogP contribution in [0.1, 0.15) is 5.56 Å². The van der Waals surface area contributed by atoms with Gasteiger partial charge in [-0.25, -0.2) is 0 Å². The molecule has 0 atom stereocenters. The number of nitrogens with one attached hydrogen (secondary N) is 2. The van der Waals surface area contributed by atoms with Crippen LogP contribution in [-0.4, -0.2) is 25.5 Å². The molecule has 0 unspecified atom stereocenters. The number of benzene rings is 3. The van der Waals surface area contributed by atoms with Crippen LogP contribution in [-0.2, 0) is 9.59 Å². The summed E-state index contributed by atoms with van der Waals surface area (Å²) in [6, 6.07) is 18.3. The highest BCUT2D eigenvalue weighted by Crippen LogP contribution is 2.37. The first-order chi connectivity index (χ1) is 16.8. The van der Waals surface area contributed by atoms with Gasteiger partial charge in [0.05, 0.1) is 22.2 Å². The number of anilines is 2. The Morgan fingerprint density at radius 2 is 1.69 bits per heavy atom. The molecule has 0 aromatic heterocycles. The van der Waals surface area contributed by atoms with Crippen molar-refractivity contribution in [3.63, 3.8) is 0 Å². The van der Waals surface area contributed by atoms with E-state index in [2.05, 4.69) is 10.6 Å². The van der Waals surface area contributed by atoms with Gasteiger partial charge in [0.2, 0.25) is 0 Å². The third-order valence-electron chi connectivity index (χ3n) is 4.51. The van der Waals surface area contributed by atoms with Crippen LogP contribution in [0.3, 0.4) is 0 Å². The lowest BCUT2D eigenvalue weighted by molar-refractivity contribution is -0.118. The molecule has 0 spiro atoms. The van der Waals surface area contributed by atoms with Crippen molar-refractivity contribution in [2.45, 2.75) is 0 Å². The number of rotatable bonds is 8. The quantitative estimate of drug-likeness (QED) is 0.266. The SMILES string of the molecule is COc1cc(/C=C(\C#N)C(=O)Nc2ccccc2)cc(Cl)c1OCC(=O)Nc1ccc(Cl)c(Cl)c1. The molecular formula is C25H18Cl3N3O4. The zero-order valence-electron chi connectivity index (χ0n) is 18.3. The fourth-order valence-electron chi connectivity index (χ4n) is 2.91. The van der Waals surface area contributed by atoms with Crippen molar-refractivity contribution >= 4 is 64.1 Å². The highest BCUT2D eigenvalue weighted by molar-refractivity contribution is 6.42. The molecule has 0 saturated carbocycles. The summed E-state index contributed by atoms with van der Waals surface area (Å²) in [5.74, 6) is -0.697. The average Bonchev–Trinajstić information content (AvgIpc) is 2.84. The van der Waals surface area contributed by atoms with E-state index in [1.54, 1.807) is 36.4 Å². The summed E-state index contributed by atoms with van der Waals surface area (Å²) >= 11 is 18.2. The summed E-state index contributed by atoms with van der Waals surface area (Å²) in [5, 5.41) is 15.5. The Labute approximate surface area is 216 Å². The van der Waals surface area contributed by atoms with Crippen molar-refractivity contribution in [2.75, 3.05) is 24.4 Å². The van der Waals surface area contributed by atoms with E-state index in [4.69, 9.17) is 44.3 Å². The Bertz CT molecular complexity index is 1320. The summed E-state index contributed by atoms with van der Waals surface area (Å²) in [7, 11) is 1.40. The molecule has 3 aromatic carbocycles. The number of hydrogen-bond acceptors (Lipinski definition) is 5. The van der Waals surface area contributed by atoms with Crippen molar-refractivity contribution in [1.29, 1.82) is 5.26 Å². The molecule has 0 heterocycles. The van der Waals surface area contributed by atoms with Crippen LogP contribution in [0.25, 0.3) is 6.08 Å². The Balaban J connectivity index is 1.73. The van der Waals surface area contributed by atoms with Crippen molar-refractivity contribution in [1.82, 2.24) is 0 Å².